The summed E-state index contributed by atoms with van der Waals surface area (Å²) in [6.45, 7) is 5.80. The first-order valence-corrected chi connectivity index (χ1v) is 7.41. The van der Waals surface area contributed by atoms with E-state index in [9.17, 15) is 9.59 Å². The standard InChI is InChI=1S/C15H26N2O3/c1-12(2)13(3)16-15(8-6-4-5-7-9-15)17(11-18)10-14(19)20/h11-12H,4-10H2,1-3H3,(H,19,20)/b16-13+. The normalized spacial score (nSPS) is 19.5. The molecule has 0 aromatic carbocycles. The fourth-order valence-corrected chi connectivity index (χ4v) is 2.64. The Morgan fingerprint density at radius 1 is 1.30 bits per heavy atom. The molecule has 0 heterocycles. The number of hydrogen-bond donors (Lipinski definition) is 1. The Morgan fingerprint density at radius 2 is 1.85 bits per heavy atom. The fraction of sp³-hybridized carbons (Fsp3) is 0.800. The Bertz CT molecular complexity index is 369. The van der Waals surface area contributed by atoms with E-state index in [1.807, 2.05) is 6.92 Å². The number of aliphatic imine (C=N–C) groups is 1. The highest BCUT2D eigenvalue weighted by molar-refractivity contribution is 5.84. The molecule has 0 unspecified atom stereocenters. The van der Waals surface area contributed by atoms with Gasteiger partial charge in [-0.2, -0.15) is 0 Å². The minimum atomic E-state index is -0.988. The first kappa shape index (κ1) is 16.7. The van der Waals surface area contributed by atoms with Crippen LogP contribution in [0.15, 0.2) is 4.99 Å². The lowest BCUT2D eigenvalue weighted by molar-refractivity contribution is -0.144. The Labute approximate surface area is 121 Å². The minimum absolute atomic E-state index is 0.279. The van der Waals surface area contributed by atoms with E-state index in [2.05, 4.69) is 13.8 Å². The second-order valence-corrected chi connectivity index (χ2v) is 5.93. The summed E-state index contributed by atoms with van der Waals surface area (Å²) in [5.41, 5.74) is 0.314. The van der Waals surface area contributed by atoms with Gasteiger partial charge in [0.25, 0.3) is 0 Å². The molecule has 5 nitrogen and oxygen atoms in total. The summed E-state index contributed by atoms with van der Waals surface area (Å²) in [7, 11) is 0. The molecule has 1 fully saturated rings. The molecule has 0 saturated heterocycles. The molecule has 1 aliphatic rings. The molecule has 1 N–H and O–H groups in total. The predicted octanol–water partition coefficient (Wildman–Crippen LogP) is 2.70. The molecular formula is C15H26N2O3. The van der Waals surface area contributed by atoms with Crippen molar-refractivity contribution in [1.29, 1.82) is 0 Å². The third kappa shape index (κ3) is 4.32. The van der Waals surface area contributed by atoms with Gasteiger partial charge in [-0.15, -0.1) is 0 Å². The van der Waals surface area contributed by atoms with Crippen molar-refractivity contribution in [2.45, 2.75) is 65.0 Å². The van der Waals surface area contributed by atoms with Gasteiger partial charge in [-0.3, -0.25) is 14.6 Å². The fourth-order valence-electron chi connectivity index (χ4n) is 2.64. The zero-order valence-corrected chi connectivity index (χ0v) is 12.8. The Morgan fingerprint density at radius 3 is 2.25 bits per heavy atom. The zero-order chi connectivity index (χ0) is 15.2. The monoisotopic (exact) mass is 282 g/mol. The first-order chi connectivity index (χ1) is 9.41. The van der Waals surface area contributed by atoms with Gasteiger partial charge in [-0.25, -0.2) is 0 Å². The van der Waals surface area contributed by atoms with E-state index in [1.165, 1.54) is 4.90 Å². The van der Waals surface area contributed by atoms with E-state index in [4.69, 9.17) is 10.1 Å². The highest BCUT2D eigenvalue weighted by atomic mass is 16.4. The van der Waals surface area contributed by atoms with Gasteiger partial charge in [0, 0.05) is 5.71 Å². The Hall–Kier alpha value is -1.39. The summed E-state index contributed by atoms with van der Waals surface area (Å²) in [6, 6.07) is 0. The number of rotatable bonds is 6. The molecule has 5 heteroatoms. The van der Waals surface area contributed by atoms with Crippen molar-refractivity contribution in [3.05, 3.63) is 0 Å². The third-order valence-corrected chi connectivity index (χ3v) is 4.09. The average Bonchev–Trinajstić information content (AvgIpc) is 2.62. The lowest BCUT2D eigenvalue weighted by atomic mass is 9.97. The van der Waals surface area contributed by atoms with Crippen LogP contribution >= 0.6 is 0 Å². The lowest BCUT2D eigenvalue weighted by Crippen LogP contribution is -2.49. The SMILES string of the molecule is C/C(=N\C1(N(C=O)CC(=O)O)CCCCCC1)C(C)C. The summed E-state index contributed by atoms with van der Waals surface area (Å²) in [6.07, 6.45) is 6.37. The maximum Gasteiger partial charge on any atom is 0.323 e. The highest BCUT2D eigenvalue weighted by Gasteiger charge is 2.37. The minimum Gasteiger partial charge on any atom is -0.480 e. The topological polar surface area (TPSA) is 70.0 Å². The highest BCUT2D eigenvalue weighted by Crippen LogP contribution is 2.33. The molecule has 20 heavy (non-hydrogen) atoms. The summed E-state index contributed by atoms with van der Waals surface area (Å²) in [4.78, 5) is 28.6. The van der Waals surface area contributed by atoms with Crippen molar-refractivity contribution in [2.75, 3.05) is 6.54 Å². The van der Waals surface area contributed by atoms with Gasteiger partial charge in [-0.1, -0.05) is 26.7 Å². The number of amides is 1. The van der Waals surface area contributed by atoms with Crippen molar-refractivity contribution in [1.82, 2.24) is 4.90 Å². The molecule has 0 aromatic rings. The molecule has 0 atom stereocenters. The molecule has 1 saturated carbocycles. The second kappa shape index (κ2) is 7.41. The summed E-state index contributed by atoms with van der Waals surface area (Å²) in [5.74, 6) is -0.688. The molecule has 0 bridgehead atoms. The second-order valence-electron chi connectivity index (χ2n) is 5.93. The molecule has 0 radical (unpaired) electrons. The van der Waals surface area contributed by atoms with Crippen LogP contribution < -0.4 is 0 Å². The van der Waals surface area contributed by atoms with Gasteiger partial charge >= 0.3 is 5.97 Å². The molecule has 0 aromatic heterocycles. The van der Waals surface area contributed by atoms with Gasteiger partial charge in [0.15, 0.2) is 0 Å². The van der Waals surface area contributed by atoms with Crippen molar-refractivity contribution >= 4 is 18.1 Å². The van der Waals surface area contributed by atoms with E-state index in [0.29, 0.717) is 12.3 Å². The van der Waals surface area contributed by atoms with Crippen LogP contribution in [-0.4, -0.2) is 40.3 Å². The van der Waals surface area contributed by atoms with Crippen LogP contribution in [-0.2, 0) is 9.59 Å². The number of carboxylic acid groups (broad SMARTS) is 1. The smallest absolute Gasteiger partial charge is 0.323 e. The number of nitrogens with zero attached hydrogens (tertiary/aromatic N) is 2. The quantitative estimate of drug-likeness (QED) is 0.462. The molecule has 1 rings (SSSR count). The van der Waals surface area contributed by atoms with Crippen LogP contribution in [0.3, 0.4) is 0 Å². The van der Waals surface area contributed by atoms with Gasteiger partial charge in [-0.05, 0) is 38.5 Å². The van der Waals surface area contributed by atoms with Crippen molar-refractivity contribution in [3.63, 3.8) is 0 Å². The molecule has 114 valence electrons. The third-order valence-electron chi connectivity index (χ3n) is 4.09. The summed E-state index contributed by atoms with van der Waals surface area (Å²) >= 11 is 0. The van der Waals surface area contributed by atoms with Crippen LogP contribution in [0.1, 0.15) is 59.3 Å². The maximum atomic E-state index is 11.4. The van der Waals surface area contributed by atoms with Crippen molar-refractivity contribution in [2.24, 2.45) is 10.9 Å². The molecule has 0 spiro atoms. The number of carbonyl (C=O) groups excluding carboxylic acids is 1. The summed E-state index contributed by atoms with van der Waals surface area (Å²) in [5, 5.41) is 9.02. The zero-order valence-electron chi connectivity index (χ0n) is 12.8. The van der Waals surface area contributed by atoms with Crippen LogP contribution in [0.2, 0.25) is 0 Å². The van der Waals surface area contributed by atoms with Gasteiger partial charge < -0.3 is 10.0 Å². The number of aliphatic carboxylic acids is 1. The number of carbonyl (C=O) groups is 2. The van der Waals surface area contributed by atoms with E-state index in [1.54, 1.807) is 0 Å². The van der Waals surface area contributed by atoms with Crippen LogP contribution in [0.4, 0.5) is 0 Å². The van der Waals surface area contributed by atoms with E-state index < -0.39 is 11.6 Å². The van der Waals surface area contributed by atoms with Gasteiger partial charge in [0.05, 0.1) is 0 Å². The number of carboxylic acids is 1. The Kier molecular flexibility index (Phi) is 6.17. The summed E-state index contributed by atoms with van der Waals surface area (Å²) < 4.78 is 0. The van der Waals surface area contributed by atoms with Gasteiger partial charge in [0.2, 0.25) is 6.41 Å². The van der Waals surface area contributed by atoms with Crippen LogP contribution in [0.25, 0.3) is 0 Å². The Balaban J connectivity index is 3.13. The molecule has 0 aliphatic heterocycles. The van der Waals surface area contributed by atoms with Crippen LogP contribution in [0, 0.1) is 5.92 Å². The molecule has 1 aliphatic carbocycles. The van der Waals surface area contributed by atoms with Crippen molar-refractivity contribution in [3.8, 4) is 0 Å². The van der Waals surface area contributed by atoms with E-state index in [-0.39, 0.29) is 6.54 Å². The van der Waals surface area contributed by atoms with Gasteiger partial charge in [0.1, 0.15) is 12.2 Å². The largest absolute Gasteiger partial charge is 0.480 e. The maximum absolute atomic E-state index is 11.4. The molecular weight excluding hydrogens is 256 g/mol. The lowest BCUT2D eigenvalue weighted by Gasteiger charge is -2.38. The first-order valence-electron chi connectivity index (χ1n) is 7.41. The average molecular weight is 282 g/mol. The molecule has 1 amide bonds. The van der Waals surface area contributed by atoms with Crippen LogP contribution in [0.5, 0.6) is 0 Å². The van der Waals surface area contributed by atoms with E-state index >= 15 is 0 Å². The van der Waals surface area contributed by atoms with E-state index in [0.717, 1.165) is 44.2 Å². The predicted molar refractivity (Wildman–Crippen MR) is 78.8 cm³/mol. The number of hydrogen-bond acceptors (Lipinski definition) is 3. The van der Waals surface area contributed by atoms with Crippen molar-refractivity contribution < 1.29 is 14.7 Å².